The lowest BCUT2D eigenvalue weighted by molar-refractivity contribution is 0.375. The summed E-state index contributed by atoms with van der Waals surface area (Å²) in [5, 5.41) is 3.24. The minimum absolute atomic E-state index is 0.0155. The molecule has 3 N–H and O–H groups in total. The zero-order valence-electron chi connectivity index (χ0n) is 14.4. The predicted octanol–water partition coefficient (Wildman–Crippen LogP) is 0.735. The van der Waals surface area contributed by atoms with Crippen LogP contribution in [0.1, 0.15) is 19.8 Å². The van der Waals surface area contributed by atoms with E-state index in [0.717, 1.165) is 25.9 Å². The van der Waals surface area contributed by atoms with E-state index in [0.29, 0.717) is 6.54 Å². The lowest BCUT2D eigenvalue weighted by Gasteiger charge is -2.23. The first-order valence-electron chi connectivity index (χ1n) is 8.16. The fraction of sp³-hybridized carbons (Fsp3) is 0.600. The number of nitrogens with one attached hydrogen (secondary N) is 3. The molecule has 25 heavy (non-hydrogen) atoms. The van der Waals surface area contributed by atoms with Crippen LogP contribution in [0.25, 0.3) is 0 Å². The molecule has 0 aliphatic carbocycles. The Morgan fingerprint density at radius 2 is 2.04 bits per heavy atom. The third-order valence-electron chi connectivity index (χ3n) is 4.07. The molecule has 0 spiro atoms. The number of rotatable bonds is 8. The first kappa shape index (κ1) is 20.0. The molecule has 0 bridgehead atoms. The second-order valence-electron chi connectivity index (χ2n) is 5.94. The second kappa shape index (κ2) is 8.35. The van der Waals surface area contributed by atoms with Gasteiger partial charge in [0.15, 0.2) is 0 Å². The normalized spacial score (nSPS) is 18.7. The molecule has 2 rings (SSSR count). The Balaban J connectivity index is 2.16. The van der Waals surface area contributed by atoms with E-state index in [-0.39, 0.29) is 28.0 Å². The number of hydrogen-bond acceptors (Lipinski definition) is 6. The quantitative estimate of drug-likeness (QED) is 0.602. The Kier molecular flexibility index (Phi) is 6.66. The van der Waals surface area contributed by atoms with Gasteiger partial charge in [-0.3, -0.25) is 4.72 Å². The highest BCUT2D eigenvalue weighted by atomic mass is 32.2. The number of sulfonamides is 2. The summed E-state index contributed by atoms with van der Waals surface area (Å²) in [6.45, 7) is 3.62. The van der Waals surface area contributed by atoms with E-state index in [4.69, 9.17) is 4.74 Å². The van der Waals surface area contributed by atoms with Gasteiger partial charge in [-0.2, -0.15) is 0 Å². The summed E-state index contributed by atoms with van der Waals surface area (Å²) in [4.78, 5) is -0.0155. The third-order valence-corrected chi connectivity index (χ3v) is 6.84. The van der Waals surface area contributed by atoms with Gasteiger partial charge in [-0.25, -0.2) is 21.6 Å². The number of hydrogen-bond donors (Lipinski definition) is 3. The van der Waals surface area contributed by atoms with Crippen molar-refractivity contribution >= 4 is 25.7 Å². The van der Waals surface area contributed by atoms with Gasteiger partial charge in [0, 0.05) is 12.6 Å². The van der Waals surface area contributed by atoms with E-state index in [1.165, 1.54) is 32.2 Å². The molecule has 1 atom stereocenters. The lowest BCUT2D eigenvalue weighted by atomic mass is 10.0. The smallest absolute Gasteiger partial charge is 0.244 e. The average molecular weight is 392 g/mol. The summed E-state index contributed by atoms with van der Waals surface area (Å²) in [6.07, 6.45) is 2.01. The molecule has 0 amide bonds. The summed E-state index contributed by atoms with van der Waals surface area (Å²) < 4.78 is 58.5. The molecule has 1 fully saturated rings. The minimum atomic E-state index is -3.75. The van der Waals surface area contributed by atoms with Crippen molar-refractivity contribution in [1.29, 1.82) is 0 Å². The zero-order chi connectivity index (χ0) is 18.5. The van der Waals surface area contributed by atoms with Crippen molar-refractivity contribution in [3.05, 3.63) is 18.2 Å². The molecule has 1 unspecified atom stereocenters. The van der Waals surface area contributed by atoms with Gasteiger partial charge >= 0.3 is 0 Å². The summed E-state index contributed by atoms with van der Waals surface area (Å²) >= 11 is 0. The molecule has 0 radical (unpaired) electrons. The molecule has 8 nitrogen and oxygen atoms in total. The van der Waals surface area contributed by atoms with Crippen molar-refractivity contribution < 1.29 is 21.6 Å². The van der Waals surface area contributed by atoms with Crippen LogP contribution in [0.3, 0.4) is 0 Å². The fourth-order valence-electron chi connectivity index (χ4n) is 2.61. The fourth-order valence-corrected chi connectivity index (χ4v) is 4.50. The van der Waals surface area contributed by atoms with Crippen molar-refractivity contribution in [3.63, 3.8) is 0 Å². The molecule has 142 valence electrons. The maximum Gasteiger partial charge on any atom is 0.244 e. The Hall–Kier alpha value is -1.36. The Labute approximate surface area is 149 Å². The van der Waals surface area contributed by atoms with E-state index in [9.17, 15) is 16.8 Å². The number of piperidine rings is 1. The maximum atomic E-state index is 12.6. The highest BCUT2D eigenvalue weighted by molar-refractivity contribution is 7.92. The molecule has 1 saturated heterocycles. The molecule has 0 aromatic heterocycles. The van der Waals surface area contributed by atoms with E-state index >= 15 is 0 Å². The second-order valence-corrected chi connectivity index (χ2v) is 9.68. The van der Waals surface area contributed by atoms with Crippen LogP contribution in [0.2, 0.25) is 0 Å². The van der Waals surface area contributed by atoms with Gasteiger partial charge in [0.25, 0.3) is 0 Å². The van der Waals surface area contributed by atoms with Crippen LogP contribution >= 0.6 is 0 Å². The molecule has 1 aromatic carbocycles. The van der Waals surface area contributed by atoms with Crippen LogP contribution in [0.4, 0.5) is 5.69 Å². The lowest BCUT2D eigenvalue weighted by Crippen LogP contribution is -2.38. The zero-order valence-corrected chi connectivity index (χ0v) is 16.0. The Morgan fingerprint density at radius 3 is 2.64 bits per heavy atom. The van der Waals surface area contributed by atoms with Crippen molar-refractivity contribution in [3.8, 4) is 5.75 Å². The topological polar surface area (TPSA) is 114 Å². The number of ether oxygens (including phenoxy) is 1. The van der Waals surface area contributed by atoms with Gasteiger partial charge in [-0.1, -0.05) is 0 Å². The highest BCUT2D eigenvalue weighted by Gasteiger charge is 2.22. The van der Waals surface area contributed by atoms with Crippen molar-refractivity contribution in [2.75, 3.05) is 37.2 Å². The van der Waals surface area contributed by atoms with Crippen LogP contribution < -0.4 is 19.5 Å². The maximum absolute atomic E-state index is 12.6. The van der Waals surface area contributed by atoms with Gasteiger partial charge in [-0.05, 0) is 50.9 Å². The van der Waals surface area contributed by atoms with Gasteiger partial charge in [0.1, 0.15) is 10.6 Å². The van der Waals surface area contributed by atoms with Crippen LogP contribution in [0.5, 0.6) is 5.75 Å². The third kappa shape index (κ3) is 5.56. The largest absolute Gasteiger partial charge is 0.495 e. The molecule has 1 aromatic rings. The van der Waals surface area contributed by atoms with Crippen LogP contribution in [-0.4, -0.2) is 49.3 Å². The van der Waals surface area contributed by atoms with Gasteiger partial charge in [-0.15, -0.1) is 0 Å². The molecule has 1 aliphatic heterocycles. The van der Waals surface area contributed by atoms with E-state index < -0.39 is 20.0 Å². The number of methoxy groups -OCH3 is 1. The van der Waals surface area contributed by atoms with Crippen molar-refractivity contribution in [2.45, 2.75) is 24.7 Å². The number of anilines is 1. The van der Waals surface area contributed by atoms with Crippen molar-refractivity contribution in [1.82, 2.24) is 10.0 Å². The van der Waals surface area contributed by atoms with Crippen LogP contribution in [-0.2, 0) is 20.0 Å². The summed E-state index contributed by atoms with van der Waals surface area (Å²) in [6, 6.07) is 4.12. The molecule has 1 heterocycles. The first-order chi connectivity index (χ1) is 11.8. The van der Waals surface area contributed by atoms with E-state index in [1.807, 2.05) is 0 Å². The monoisotopic (exact) mass is 391 g/mol. The SMILES string of the molecule is CCS(=O)(=O)Nc1ccc(S(=O)(=O)NCC2CCCNC2)c(OC)c1. The molecular formula is C15H25N3O5S2. The van der Waals surface area contributed by atoms with Gasteiger partial charge in [0.2, 0.25) is 20.0 Å². The molecule has 0 saturated carbocycles. The van der Waals surface area contributed by atoms with E-state index in [1.54, 1.807) is 0 Å². The van der Waals surface area contributed by atoms with Gasteiger partial charge < -0.3 is 10.1 Å². The van der Waals surface area contributed by atoms with Crippen molar-refractivity contribution in [2.24, 2.45) is 5.92 Å². The summed E-state index contributed by atoms with van der Waals surface area (Å²) in [7, 11) is -5.85. The minimum Gasteiger partial charge on any atom is -0.495 e. The first-order valence-corrected chi connectivity index (χ1v) is 11.3. The molecular weight excluding hydrogens is 366 g/mol. The van der Waals surface area contributed by atoms with Crippen LogP contribution in [0, 0.1) is 5.92 Å². The standard InChI is InChI=1S/C15H25N3O5S2/c1-3-24(19,20)18-13-6-7-15(14(9-13)23-2)25(21,22)17-11-12-5-4-8-16-10-12/h6-7,9,12,16-18H,3-5,8,10-11H2,1-2H3. The predicted molar refractivity (Wildman–Crippen MR) is 96.9 cm³/mol. The number of benzene rings is 1. The van der Waals surface area contributed by atoms with E-state index in [2.05, 4.69) is 14.8 Å². The summed E-state index contributed by atoms with van der Waals surface area (Å²) in [5.41, 5.74) is 0.258. The van der Waals surface area contributed by atoms with Gasteiger partial charge in [0.05, 0.1) is 18.6 Å². The molecule has 1 aliphatic rings. The van der Waals surface area contributed by atoms with Crippen LogP contribution in [0.15, 0.2) is 23.1 Å². The Bertz CT molecular complexity index is 787. The molecule has 10 heteroatoms. The highest BCUT2D eigenvalue weighted by Crippen LogP contribution is 2.28. The summed E-state index contributed by atoms with van der Waals surface area (Å²) in [5.74, 6) is 0.266. The average Bonchev–Trinajstić information content (AvgIpc) is 2.60. The Morgan fingerprint density at radius 1 is 1.28 bits per heavy atom.